The molecule has 3 N–H and O–H groups in total. The van der Waals surface area contributed by atoms with Crippen LogP contribution in [0.5, 0.6) is 0 Å². The van der Waals surface area contributed by atoms with Gasteiger partial charge in [-0.15, -0.1) is 0 Å². The smallest absolute Gasteiger partial charge is 0.328 e. The Bertz CT molecular complexity index is 816. The van der Waals surface area contributed by atoms with E-state index >= 15 is 0 Å². The molecule has 11 heteroatoms. The number of hydrogen-bond acceptors (Lipinski definition) is 7. The molecule has 0 aromatic heterocycles. The predicted molar refractivity (Wildman–Crippen MR) is 87.5 cm³/mol. The van der Waals surface area contributed by atoms with Crippen LogP contribution in [0, 0.1) is 23.2 Å². The first-order valence-electron chi connectivity index (χ1n) is 8.82. The third-order valence-electron chi connectivity index (χ3n) is 6.27. The quantitative estimate of drug-likeness (QED) is 0.421. The maximum atomic E-state index is 12.4. The summed E-state index contributed by atoms with van der Waals surface area (Å²) in [7, 11) is -4.29. The number of aliphatic carboxylic acids is 1. The lowest BCUT2D eigenvalue weighted by Gasteiger charge is -2.62. The van der Waals surface area contributed by atoms with Gasteiger partial charge in [0.1, 0.15) is 5.92 Å². The second kappa shape index (κ2) is 5.74. The van der Waals surface area contributed by atoms with Crippen LogP contribution in [0.3, 0.4) is 0 Å². The van der Waals surface area contributed by atoms with Crippen molar-refractivity contribution < 1.29 is 36.9 Å². The van der Waals surface area contributed by atoms with Gasteiger partial charge in [0, 0.05) is 0 Å². The molecular formula is C16H20N2O8S. The van der Waals surface area contributed by atoms with Crippen LogP contribution in [0.2, 0.25) is 0 Å². The zero-order valence-corrected chi connectivity index (χ0v) is 15.2. The van der Waals surface area contributed by atoms with Gasteiger partial charge >= 0.3 is 12.0 Å². The second-order valence-corrected chi connectivity index (χ2v) is 10.00. The van der Waals surface area contributed by atoms with E-state index < -0.39 is 56.6 Å². The fourth-order valence-corrected chi connectivity index (χ4v) is 7.30. The molecule has 2 unspecified atom stereocenters. The van der Waals surface area contributed by atoms with Crippen molar-refractivity contribution in [3.63, 3.8) is 0 Å². The summed E-state index contributed by atoms with van der Waals surface area (Å²) in [6.45, 7) is 0. The fourth-order valence-electron chi connectivity index (χ4n) is 6.21. The number of barbiturate groups is 1. The zero-order valence-electron chi connectivity index (χ0n) is 14.4. The van der Waals surface area contributed by atoms with Crippen molar-refractivity contribution in [2.75, 3.05) is 5.75 Å². The lowest BCUT2D eigenvalue weighted by molar-refractivity contribution is -0.177. The molecule has 5 rings (SSSR count). The lowest BCUT2D eigenvalue weighted by atomic mass is 9.44. The number of nitrogens with one attached hydrogen (secondary N) is 2. The third kappa shape index (κ3) is 3.12. The molecule has 4 atom stereocenters. The van der Waals surface area contributed by atoms with Gasteiger partial charge in [-0.05, 0) is 55.8 Å². The van der Waals surface area contributed by atoms with Gasteiger partial charge in [0.25, 0.3) is 10.1 Å². The molecular weight excluding hydrogens is 380 g/mol. The molecule has 4 aliphatic carbocycles. The average Bonchev–Trinajstić information content (AvgIpc) is 2.40. The normalized spacial score (nSPS) is 38.6. The van der Waals surface area contributed by atoms with Gasteiger partial charge in [0.2, 0.25) is 11.8 Å². The second-order valence-electron chi connectivity index (χ2n) is 8.43. The van der Waals surface area contributed by atoms with Crippen LogP contribution >= 0.6 is 0 Å². The predicted octanol–water partition coefficient (Wildman–Crippen LogP) is -0.261. The molecule has 0 aromatic carbocycles. The van der Waals surface area contributed by atoms with Crippen molar-refractivity contribution in [1.82, 2.24) is 10.6 Å². The summed E-state index contributed by atoms with van der Waals surface area (Å²) in [5, 5.41) is 13.1. The number of carboxylic acids is 1. The van der Waals surface area contributed by atoms with E-state index in [-0.39, 0.29) is 18.3 Å². The van der Waals surface area contributed by atoms with Gasteiger partial charge in [-0.2, -0.15) is 8.42 Å². The number of carbonyl (C=O) groups is 4. The highest BCUT2D eigenvalue weighted by Crippen LogP contribution is 2.65. The SMILES string of the molecule is O=C(O)CS(=O)(=O)OC12C[C@H]3C[C@@H](C1)CC(C1C(=O)NC(=O)NC1=O)(C3)C2. The van der Waals surface area contributed by atoms with E-state index in [1.165, 1.54) is 0 Å². The first kappa shape index (κ1) is 18.4. The topological polar surface area (TPSA) is 156 Å². The van der Waals surface area contributed by atoms with E-state index in [9.17, 15) is 27.6 Å². The minimum atomic E-state index is -4.29. The molecule has 4 amide bonds. The van der Waals surface area contributed by atoms with Crippen LogP contribution in [0.25, 0.3) is 0 Å². The van der Waals surface area contributed by atoms with E-state index in [1.54, 1.807) is 0 Å². The molecule has 5 aliphatic rings. The molecule has 4 bridgehead atoms. The number of urea groups is 1. The Morgan fingerprint density at radius 1 is 1.07 bits per heavy atom. The first-order chi connectivity index (χ1) is 12.5. The van der Waals surface area contributed by atoms with Crippen LogP contribution in [0.4, 0.5) is 4.79 Å². The summed E-state index contributed by atoms with van der Waals surface area (Å²) in [6, 6.07) is -0.860. The molecule has 148 valence electrons. The van der Waals surface area contributed by atoms with E-state index in [0.29, 0.717) is 25.7 Å². The Morgan fingerprint density at radius 2 is 1.63 bits per heavy atom. The molecule has 10 nitrogen and oxygen atoms in total. The van der Waals surface area contributed by atoms with Crippen LogP contribution < -0.4 is 10.6 Å². The highest BCUT2D eigenvalue weighted by atomic mass is 32.2. The number of rotatable bonds is 5. The fraction of sp³-hybridized carbons (Fsp3) is 0.750. The number of carboxylic acid groups (broad SMARTS) is 1. The first-order valence-corrected chi connectivity index (χ1v) is 10.4. The summed E-state index contributed by atoms with van der Waals surface area (Å²) in [6.07, 6.45) is 3.10. The standard InChI is InChI=1S/C16H20N2O8S/c19-10(20)6-27(24,25)26-16-4-8-1-9(5-16)3-15(2-8,7-16)11-12(21)17-14(23)18-13(11)22/h8-9,11H,1-7H2,(H,19,20)(H2,17,18,21,22,23)/t8-,9+,15?,16?. The Kier molecular flexibility index (Phi) is 3.90. The molecule has 1 heterocycles. The Balaban J connectivity index is 1.67. The van der Waals surface area contributed by atoms with Crippen molar-refractivity contribution in [3.05, 3.63) is 0 Å². The minimum Gasteiger partial charge on any atom is -0.480 e. The van der Waals surface area contributed by atoms with E-state index in [0.717, 1.165) is 6.42 Å². The average molecular weight is 400 g/mol. The van der Waals surface area contributed by atoms with Gasteiger partial charge in [0.05, 0.1) is 5.60 Å². The van der Waals surface area contributed by atoms with Crippen molar-refractivity contribution in [1.29, 1.82) is 0 Å². The van der Waals surface area contributed by atoms with Crippen molar-refractivity contribution in [2.24, 2.45) is 23.2 Å². The summed E-state index contributed by atoms with van der Waals surface area (Å²) in [5.41, 5.74) is -1.89. The minimum absolute atomic E-state index is 0.0875. The number of amides is 4. The zero-order chi connectivity index (χ0) is 19.6. The van der Waals surface area contributed by atoms with E-state index in [2.05, 4.69) is 10.6 Å². The highest BCUT2D eigenvalue weighted by molar-refractivity contribution is 7.87. The Hall–Kier alpha value is -2.01. The van der Waals surface area contributed by atoms with E-state index in [4.69, 9.17) is 9.29 Å². The van der Waals surface area contributed by atoms with Gasteiger partial charge in [0.15, 0.2) is 5.75 Å². The summed E-state index contributed by atoms with van der Waals surface area (Å²) in [4.78, 5) is 47.1. The van der Waals surface area contributed by atoms with Gasteiger partial charge in [-0.25, -0.2) is 4.79 Å². The molecule has 4 saturated carbocycles. The molecule has 27 heavy (non-hydrogen) atoms. The number of imide groups is 2. The summed E-state index contributed by atoms with van der Waals surface area (Å²) >= 11 is 0. The van der Waals surface area contributed by atoms with Crippen LogP contribution in [-0.4, -0.2) is 48.7 Å². The largest absolute Gasteiger partial charge is 0.480 e. The maximum absolute atomic E-state index is 12.4. The highest BCUT2D eigenvalue weighted by Gasteiger charge is 2.65. The van der Waals surface area contributed by atoms with Crippen molar-refractivity contribution >= 4 is 33.9 Å². The van der Waals surface area contributed by atoms with Crippen molar-refractivity contribution in [2.45, 2.75) is 44.1 Å². The summed E-state index contributed by atoms with van der Waals surface area (Å²) < 4.78 is 29.8. The Labute approximate surface area is 155 Å². The third-order valence-corrected chi connectivity index (χ3v) is 7.47. The van der Waals surface area contributed by atoms with Crippen LogP contribution in [-0.2, 0) is 28.7 Å². The number of carbonyl (C=O) groups excluding carboxylic acids is 3. The molecule has 0 spiro atoms. The van der Waals surface area contributed by atoms with Gasteiger partial charge in [-0.3, -0.25) is 29.2 Å². The van der Waals surface area contributed by atoms with Gasteiger partial charge in [-0.1, -0.05) is 0 Å². The Morgan fingerprint density at radius 3 is 2.15 bits per heavy atom. The molecule has 0 radical (unpaired) electrons. The van der Waals surface area contributed by atoms with Gasteiger partial charge < -0.3 is 5.11 Å². The van der Waals surface area contributed by atoms with Crippen LogP contribution in [0.1, 0.15) is 38.5 Å². The monoisotopic (exact) mass is 400 g/mol. The number of hydrogen-bond donors (Lipinski definition) is 3. The lowest BCUT2D eigenvalue weighted by Crippen LogP contribution is -2.66. The van der Waals surface area contributed by atoms with E-state index in [1.807, 2.05) is 0 Å². The summed E-state index contributed by atoms with van der Waals surface area (Å²) in [5.74, 6) is -4.89. The molecule has 5 fully saturated rings. The van der Waals surface area contributed by atoms with Crippen LogP contribution in [0.15, 0.2) is 0 Å². The maximum Gasteiger partial charge on any atom is 0.328 e. The molecule has 1 saturated heterocycles. The molecule has 0 aromatic rings. The molecule has 1 aliphatic heterocycles. The van der Waals surface area contributed by atoms with Crippen molar-refractivity contribution in [3.8, 4) is 0 Å².